The van der Waals surface area contributed by atoms with Crippen LogP contribution in [0.2, 0.25) is 5.02 Å². The molecule has 130 valence electrons. The summed E-state index contributed by atoms with van der Waals surface area (Å²) >= 11 is 6.34. The van der Waals surface area contributed by atoms with Crippen LogP contribution >= 0.6 is 11.6 Å². The van der Waals surface area contributed by atoms with E-state index in [0.717, 1.165) is 5.56 Å². The molecule has 0 aliphatic carbocycles. The van der Waals surface area contributed by atoms with Gasteiger partial charge in [0.15, 0.2) is 5.65 Å². The lowest BCUT2D eigenvalue weighted by Crippen LogP contribution is -2.27. The molecule has 3 aromatic rings. The molecular formula is C18H19ClN4O2. The van der Waals surface area contributed by atoms with E-state index in [1.54, 1.807) is 36.0 Å². The number of hydrogen-bond acceptors (Lipinski definition) is 4. The summed E-state index contributed by atoms with van der Waals surface area (Å²) in [5, 5.41) is 7.74. The van der Waals surface area contributed by atoms with E-state index in [1.807, 2.05) is 32.9 Å². The summed E-state index contributed by atoms with van der Waals surface area (Å²) in [4.78, 5) is 16.7. The van der Waals surface area contributed by atoms with Gasteiger partial charge in [-0.15, -0.1) is 5.10 Å². The number of benzene rings is 1. The number of aromatic nitrogens is 3. The predicted molar refractivity (Wildman–Crippen MR) is 98.1 cm³/mol. The van der Waals surface area contributed by atoms with Crippen LogP contribution in [-0.4, -0.2) is 27.6 Å². The van der Waals surface area contributed by atoms with E-state index in [1.165, 1.54) is 0 Å². The summed E-state index contributed by atoms with van der Waals surface area (Å²) in [5.74, 6) is 0.427. The van der Waals surface area contributed by atoms with Crippen LogP contribution in [-0.2, 0) is 4.79 Å². The molecule has 2 aromatic heterocycles. The zero-order chi connectivity index (χ0) is 18.2. The van der Waals surface area contributed by atoms with Gasteiger partial charge in [-0.05, 0) is 24.3 Å². The van der Waals surface area contributed by atoms with Crippen LogP contribution in [0.3, 0.4) is 0 Å². The first-order chi connectivity index (χ1) is 11.8. The van der Waals surface area contributed by atoms with E-state index >= 15 is 0 Å². The van der Waals surface area contributed by atoms with Crippen LogP contribution in [0, 0.1) is 5.41 Å². The molecule has 2 heterocycles. The number of ether oxygens (including phenoxy) is 1. The van der Waals surface area contributed by atoms with Crippen molar-refractivity contribution < 1.29 is 9.53 Å². The Balaban J connectivity index is 1.99. The van der Waals surface area contributed by atoms with Crippen LogP contribution in [0.5, 0.6) is 5.88 Å². The van der Waals surface area contributed by atoms with Crippen LogP contribution in [0.1, 0.15) is 20.8 Å². The summed E-state index contributed by atoms with van der Waals surface area (Å²) in [7, 11) is 1.56. The number of carbonyl (C=O) groups is 1. The minimum absolute atomic E-state index is 0.0674. The third-order valence-corrected chi connectivity index (χ3v) is 4.02. The van der Waals surface area contributed by atoms with Gasteiger partial charge in [0.2, 0.25) is 11.8 Å². The number of rotatable bonds is 3. The molecule has 1 N–H and O–H groups in total. The fraction of sp³-hybridized carbons (Fsp3) is 0.278. The van der Waals surface area contributed by atoms with Crippen molar-refractivity contribution in [1.29, 1.82) is 0 Å². The van der Waals surface area contributed by atoms with Gasteiger partial charge in [0.25, 0.3) is 0 Å². The fourth-order valence-corrected chi connectivity index (χ4v) is 2.44. The molecule has 0 saturated carbocycles. The lowest BCUT2D eigenvalue weighted by Gasteiger charge is -2.18. The third kappa shape index (κ3) is 3.58. The second-order valence-electron chi connectivity index (χ2n) is 6.70. The van der Waals surface area contributed by atoms with Gasteiger partial charge in [0.05, 0.1) is 24.0 Å². The molecule has 25 heavy (non-hydrogen) atoms. The van der Waals surface area contributed by atoms with Crippen molar-refractivity contribution in [2.75, 3.05) is 12.4 Å². The monoisotopic (exact) mass is 358 g/mol. The van der Waals surface area contributed by atoms with E-state index in [4.69, 9.17) is 16.3 Å². The number of nitrogens with zero attached hydrogens (tertiary/aromatic N) is 3. The van der Waals surface area contributed by atoms with E-state index in [0.29, 0.717) is 27.9 Å². The van der Waals surface area contributed by atoms with Crippen molar-refractivity contribution in [1.82, 2.24) is 14.6 Å². The summed E-state index contributed by atoms with van der Waals surface area (Å²) in [6.07, 6.45) is 1.77. The average molecular weight is 359 g/mol. The Morgan fingerprint density at radius 3 is 2.68 bits per heavy atom. The summed E-state index contributed by atoms with van der Waals surface area (Å²) < 4.78 is 6.75. The van der Waals surface area contributed by atoms with Crippen LogP contribution in [0.15, 0.2) is 36.5 Å². The van der Waals surface area contributed by atoms with E-state index < -0.39 is 5.41 Å². The highest BCUT2D eigenvalue weighted by atomic mass is 35.5. The Bertz CT molecular complexity index is 944. The highest BCUT2D eigenvalue weighted by Crippen LogP contribution is 2.31. The number of amides is 1. The van der Waals surface area contributed by atoms with Crippen LogP contribution < -0.4 is 10.1 Å². The second kappa shape index (κ2) is 6.37. The first kappa shape index (κ1) is 17.2. The number of methoxy groups -OCH3 is 1. The standard InChI is InChI=1S/C18H19ClN4O2/c1-18(2,3)17(24)20-11-5-6-13(19)12(9-11)14-10-23-15(21-14)7-8-16(22-23)25-4/h5-10H,1-4H3,(H,20,24). The topological polar surface area (TPSA) is 68.5 Å². The first-order valence-corrected chi connectivity index (χ1v) is 8.17. The van der Waals surface area contributed by atoms with Gasteiger partial charge in [-0.25, -0.2) is 9.50 Å². The molecule has 0 bridgehead atoms. The number of halogens is 1. The smallest absolute Gasteiger partial charge is 0.231 e. The van der Waals surface area contributed by atoms with Gasteiger partial charge < -0.3 is 10.1 Å². The Labute approximate surface area is 150 Å². The molecule has 0 saturated heterocycles. The maximum Gasteiger partial charge on any atom is 0.231 e. The quantitative estimate of drug-likeness (QED) is 0.767. The lowest BCUT2D eigenvalue weighted by atomic mass is 9.95. The number of carbonyl (C=O) groups excluding carboxylic acids is 1. The van der Waals surface area contributed by atoms with Gasteiger partial charge >= 0.3 is 0 Å². The Morgan fingerprint density at radius 1 is 1.24 bits per heavy atom. The molecule has 0 radical (unpaired) electrons. The minimum atomic E-state index is -0.483. The van der Waals surface area contributed by atoms with Crippen LogP contribution in [0.4, 0.5) is 5.69 Å². The lowest BCUT2D eigenvalue weighted by molar-refractivity contribution is -0.123. The Hall–Kier alpha value is -2.60. The number of imidazole rings is 1. The maximum atomic E-state index is 12.2. The van der Waals surface area contributed by atoms with Crippen LogP contribution in [0.25, 0.3) is 16.9 Å². The van der Waals surface area contributed by atoms with Crippen molar-refractivity contribution >= 4 is 28.8 Å². The molecule has 0 unspecified atom stereocenters. The minimum Gasteiger partial charge on any atom is -0.480 e. The van der Waals surface area contributed by atoms with E-state index in [2.05, 4.69) is 15.4 Å². The maximum absolute atomic E-state index is 12.2. The zero-order valence-electron chi connectivity index (χ0n) is 14.5. The molecule has 1 amide bonds. The molecule has 0 atom stereocenters. The van der Waals surface area contributed by atoms with Crippen molar-refractivity contribution in [3.63, 3.8) is 0 Å². The number of hydrogen-bond donors (Lipinski definition) is 1. The van der Waals surface area contributed by atoms with Crippen molar-refractivity contribution in [2.24, 2.45) is 5.41 Å². The molecule has 0 aliphatic rings. The van der Waals surface area contributed by atoms with Crippen molar-refractivity contribution in [3.05, 3.63) is 41.6 Å². The second-order valence-corrected chi connectivity index (χ2v) is 7.11. The number of nitrogens with one attached hydrogen (secondary N) is 1. The average Bonchev–Trinajstić information content (AvgIpc) is 2.98. The molecular weight excluding hydrogens is 340 g/mol. The zero-order valence-corrected chi connectivity index (χ0v) is 15.3. The van der Waals surface area contributed by atoms with Gasteiger partial charge in [-0.3, -0.25) is 4.79 Å². The molecule has 0 aliphatic heterocycles. The van der Waals surface area contributed by atoms with Crippen molar-refractivity contribution in [2.45, 2.75) is 20.8 Å². The predicted octanol–water partition coefficient (Wildman–Crippen LogP) is 4.04. The molecule has 6 nitrogen and oxygen atoms in total. The number of fused-ring (bicyclic) bond motifs is 1. The Morgan fingerprint density at radius 2 is 2.00 bits per heavy atom. The van der Waals surface area contributed by atoms with Gasteiger partial charge in [0, 0.05) is 22.7 Å². The summed E-state index contributed by atoms with van der Waals surface area (Å²) in [6, 6.07) is 8.88. The fourth-order valence-electron chi connectivity index (χ4n) is 2.22. The summed E-state index contributed by atoms with van der Waals surface area (Å²) in [6.45, 7) is 5.58. The molecule has 0 fully saturated rings. The molecule has 1 aromatic carbocycles. The van der Waals surface area contributed by atoms with Gasteiger partial charge in [0.1, 0.15) is 0 Å². The Kier molecular flexibility index (Phi) is 4.39. The summed E-state index contributed by atoms with van der Waals surface area (Å²) in [5.41, 5.74) is 2.25. The molecule has 7 heteroatoms. The van der Waals surface area contributed by atoms with E-state index in [-0.39, 0.29) is 5.91 Å². The largest absolute Gasteiger partial charge is 0.480 e. The molecule has 3 rings (SSSR count). The highest BCUT2D eigenvalue weighted by molar-refractivity contribution is 6.33. The van der Waals surface area contributed by atoms with Gasteiger partial charge in [-0.2, -0.15) is 0 Å². The van der Waals surface area contributed by atoms with Crippen molar-refractivity contribution in [3.8, 4) is 17.1 Å². The van der Waals surface area contributed by atoms with E-state index in [9.17, 15) is 4.79 Å². The molecule has 0 spiro atoms. The first-order valence-electron chi connectivity index (χ1n) is 7.80. The van der Waals surface area contributed by atoms with Gasteiger partial charge in [-0.1, -0.05) is 32.4 Å². The SMILES string of the molecule is COc1ccc2nc(-c3cc(NC(=O)C(C)(C)C)ccc3Cl)cn2n1. The number of anilines is 1. The third-order valence-electron chi connectivity index (χ3n) is 3.69. The highest BCUT2D eigenvalue weighted by Gasteiger charge is 2.21. The normalized spacial score (nSPS) is 11.6.